The van der Waals surface area contributed by atoms with Crippen molar-refractivity contribution in [1.29, 1.82) is 0 Å². The van der Waals surface area contributed by atoms with Gasteiger partial charge in [0.1, 0.15) is 0 Å². The van der Waals surface area contributed by atoms with Crippen molar-refractivity contribution in [2.45, 2.75) is 39.7 Å². The second-order valence-corrected chi connectivity index (χ2v) is 5.28. The third-order valence-corrected chi connectivity index (χ3v) is 4.47. The van der Waals surface area contributed by atoms with Crippen LogP contribution in [0.1, 0.15) is 33.6 Å². The Hall–Kier alpha value is -0.570. The summed E-state index contributed by atoms with van der Waals surface area (Å²) < 4.78 is 5.63. The highest BCUT2D eigenvalue weighted by atomic mass is 16.5. The van der Waals surface area contributed by atoms with Crippen molar-refractivity contribution >= 4 is 5.97 Å². The number of rotatable bonds is 2. The monoisotopic (exact) mass is 198 g/mol. The summed E-state index contributed by atoms with van der Waals surface area (Å²) in [6.07, 6.45) is 2.24. The van der Waals surface area contributed by atoms with Gasteiger partial charge in [0, 0.05) is 12.0 Å². The summed E-state index contributed by atoms with van der Waals surface area (Å²) >= 11 is 0. The Morgan fingerprint density at radius 2 is 2.07 bits per heavy atom. The molecule has 1 aliphatic heterocycles. The van der Waals surface area contributed by atoms with Gasteiger partial charge in [-0.1, -0.05) is 20.8 Å². The Balaban J connectivity index is 2.21. The van der Waals surface area contributed by atoms with Crippen LogP contribution in [0.3, 0.4) is 0 Å². The van der Waals surface area contributed by atoms with E-state index in [9.17, 15) is 4.79 Å². The Morgan fingerprint density at radius 1 is 1.43 bits per heavy atom. The summed E-state index contributed by atoms with van der Waals surface area (Å²) in [5, 5.41) is 9.13. The average molecular weight is 198 g/mol. The first-order valence-electron chi connectivity index (χ1n) is 5.27. The molecule has 1 aliphatic carbocycles. The number of hydrogen-bond donors (Lipinski definition) is 1. The largest absolute Gasteiger partial charge is 0.481 e. The number of hydrogen-bond acceptors (Lipinski definition) is 2. The van der Waals surface area contributed by atoms with Gasteiger partial charge in [0.25, 0.3) is 0 Å². The lowest BCUT2D eigenvalue weighted by Gasteiger charge is -2.21. The van der Waals surface area contributed by atoms with E-state index in [4.69, 9.17) is 9.84 Å². The van der Waals surface area contributed by atoms with E-state index in [0.29, 0.717) is 0 Å². The van der Waals surface area contributed by atoms with E-state index in [0.717, 1.165) is 19.4 Å². The molecule has 0 spiro atoms. The molecule has 0 aromatic carbocycles. The molecule has 3 atom stereocenters. The number of carbonyl (C=O) groups is 1. The van der Waals surface area contributed by atoms with Crippen LogP contribution in [-0.2, 0) is 9.53 Å². The zero-order valence-electron chi connectivity index (χ0n) is 9.04. The van der Waals surface area contributed by atoms with E-state index in [2.05, 4.69) is 6.92 Å². The van der Waals surface area contributed by atoms with Crippen molar-refractivity contribution < 1.29 is 14.6 Å². The van der Waals surface area contributed by atoms with E-state index < -0.39 is 5.97 Å². The maximum absolute atomic E-state index is 11.1. The highest BCUT2D eigenvalue weighted by molar-refractivity contribution is 5.77. The molecule has 0 aromatic rings. The second kappa shape index (κ2) is 2.72. The Kier molecular flexibility index (Phi) is 1.94. The van der Waals surface area contributed by atoms with Gasteiger partial charge in [-0.15, -0.1) is 0 Å². The third-order valence-electron chi connectivity index (χ3n) is 4.47. The fourth-order valence-electron chi connectivity index (χ4n) is 3.23. The quantitative estimate of drug-likeness (QED) is 0.737. The lowest BCUT2D eigenvalue weighted by atomic mass is 9.90. The van der Waals surface area contributed by atoms with Crippen molar-refractivity contribution in [3.63, 3.8) is 0 Å². The van der Waals surface area contributed by atoms with Gasteiger partial charge in [-0.25, -0.2) is 0 Å². The first-order chi connectivity index (χ1) is 6.42. The summed E-state index contributed by atoms with van der Waals surface area (Å²) in [6.45, 7) is 6.92. The molecule has 3 unspecified atom stereocenters. The van der Waals surface area contributed by atoms with E-state index in [-0.39, 0.29) is 22.9 Å². The van der Waals surface area contributed by atoms with Gasteiger partial charge >= 0.3 is 5.97 Å². The first kappa shape index (κ1) is 9.97. The topological polar surface area (TPSA) is 46.5 Å². The second-order valence-electron chi connectivity index (χ2n) is 5.28. The zero-order valence-corrected chi connectivity index (χ0v) is 9.04. The number of ether oxygens (including phenoxy) is 1. The van der Waals surface area contributed by atoms with Gasteiger partial charge in [0.15, 0.2) is 0 Å². The minimum atomic E-state index is -0.673. The molecule has 14 heavy (non-hydrogen) atoms. The van der Waals surface area contributed by atoms with Gasteiger partial charge in [0.2, 0.25) is 0 Å². The summed E-state index contributed by atoms with van der Waals surface area (Å²) in [4.78, 5) is 11.1. The molecule has 3 heteroatoms. The lowest BCUT2D eigenvalue weighted by Crippen LogP contribution is -2.24. The molecule has 0 amide bonds. The zero-order chi connectivity index (χ0) is 10.6. The number of carboxylic acids is 1. The van der Waals surface area contributed by atoms with Gasteiger partial charge in [-0.2, -0.15) is 0 Å². The summed E-state index contributed by atoms with van der Waals surface area (Å²) in [5.41, 5.74) is -0.275. The van der Waals surface area contributed by atoms with Gasteiger partial charge in [0.05, 0.1) is 12.0 Å². The molecule has 2 fully saturated rings. The fraction of sp³-hybridized carbons (Fsp3) is 0.909. The van der Waals surface area contributed by atoms with Crippen LogP contribution >= 0.6 is 0 Å². The standard InChI is InChI=1S/C11H18O3/c1-10(2)8(9(12)13)11(10,3)7-5-4-6-14-7/h7-8H,4-6H2,1-3H3,(H,12,13). The van der Waals surface area contributed by atoms with Crippen LogP contribution in [-0.4, -0.2) is 23.8 Å². The van der Waals surface area contributed by atoms with Gasteiger partial charge in [-0.3, -0.25) is 4.79 Å². The minimum absolute atomic E-state index is 0.117. The fourth-order valence-corrected chi connectivity index (χ4v) is 3.23. The Labute approximate surface area is 84.4 Å². The Bertz CT molecular complexity index is 266. The van der Waals surface area contributed by atoms with Crippen LogP contribution < -0.4 is 0 Å². The van der Waals surface area contributed by atoms with E-state index >= 15 is 0 Å². The first-order valence-corrected chi connectivity index (χ1v) is 5.27. The van der Waals surface area contributed by atoms with Crippen LogP contribution in [0.25, 0.3) is 0 Å². The van der Waals surface area contributed by atoms with Crippen molar-refractivity contribution in [3.8, 4) is 0 Å². The van der Waals surface area contributed by atoms with Crippen LogP contribution in [0.4, 0.5) is 0 Å². The molecule has 1 N–H and O–H groups in total. The Morgan fingerprint density at radius 3 is 2.43 bits per heavy atom. The van der Waals surface area contributed by atoms with E-state index in [1.165, 1.54) is 0 Å². The van der Waals surface area contributed by atoms with Gasteiger partial charge in [-0.05, 0) is 18.3 Å². The summed E-state index contributed by atoms with van der Waals surface area (Å²) in [6, 6.07) is 0. The normalized spacial score (nSPS) is 45.1. The summed E-state index contributed by atoms with van der Waals surface area (Å²) in [7, 11) is 0. The molecule has 1 saturated carbocycles. The van der Waals surface area contributed by atoms with Crippen LogP contribution in [0, 0.1) is 16.7 Å². The molecule has 3 nitrogen and oxygen atoms in total. The minimum Gasteiger partial charge on any atom is -0.481 e. The molecule has 2 rings (SSSR count). The number of aliphatic carboxylic acids is 1. The van der Waals surface area contributed by atoms with Crippen molar-refractivity contribution in [3.05, 3.63) is 0 Å². The maximum atomic E-state index is 11.1. The number of carboxylic acid groups (broad SMARTS) is 1. The molecule has 2 aliphatic rings. The smallest absolute Gasteiger partial charge is 0.307 e. The maximum Gasteiger partial charge on any atom is 0.307 e. The average Bonchev–Trinajstić information content (AvgIpc) is 2.52. The SMILES string of the molecule is CC1(C)C(C(=O)O)C1(C)C1CCCO1. The molecule has 0 bridgehead atoms. The highest BCUT2D eigenvalue weighted by Crippen LogP contribution is 2.71. The predicted molar refractivity (Wildman–Crippen MR) is 52.0 cm³/mol. The molecule has 0 radical (unpaired) electrons. The molecule has 1 heterocycles. The van der Waals surface area contributed by atoms with Gasteiger partial charge < -0.3 is 9.84 Å². The van der Waals surface area contributed by atoms with Crippen molar-refractivity contribution in [2.24, 2.45) is 16.7 Å². The molecular formula is C11H18O3. The van der Waals surface area contributed by atoms with E-state index in [1.807, 2.05) is 13.8 Å². The van der Waals surface area contributed by atoms with Crippen molar-refractivity contribution in [1.82, 2.24) is 0 Å². The summed E-state index contributed by atoms with van der Waals surface area (Å²) in [5.74, 6) is -0.911. The highest BCUT2D eigenvalue weighted by Gasteiger charge is 2.75. The predicted octanol–water partition coefficient (Wildman–Crippen LogP) is 1.91. The van der Waals surface area contributed by atoms with Crippen LogP contribution in [0.15, 0.2) is 0 Å². The molecule has 80 valence electrons. The third kappa shape index (κ3) is 0.991. The molecule has 0 aromatic heterocycles. The molecular weight excluding hydrogens is 180 g/mol. The van der Waals surface area contributed by atoms with Crippen LogP contribution in [0.2, 0.25) is 0 Å². The van der Waals surface area contributed by atoms with Crippen molar-refractivity contribution in [2.75, 3.05) is 6.61 Å². The van der Waals surface area contributed by atoms with E-state index in [1.54, 1.807) is 0 Å². The lowest BCUT2D eigenvalue weighted by molar-refractivity contribution is -0.140. The van der Waals surface area contributed by atoms with Crippen LogP contribution in [0.5, 0.6) is 0 Å². The molecule has 1 saturated heterocycles.